The van der Waals surface area contributed by atoms with Gasteiger partial charge in [-0.05, 0) is 11.6 Å². The van der Waals surface area contributed by atoms with E-state index in [0.717, 1.165) is 37.9 Å². The van der Waals surface area contributed by atoms with Gasteiger partial charge in [0, 0.05) is 23.9 Å². The number of methoxy groups -OCH3 is 3. The molecule has 4 heterocycles. The van der Waals surface area contributed by atoms with E-state index < -0.39 is 0 Å². The number of ether oxygens (including phenoxy) is 4. The summed E-state index contributed by atoms with van der Waals surface area (Å²) in [6, 6.07) is 13.6. The molecule has 0 saturated heterocycles. The number of aromatic nitrogens is 4. The van der Waals surface area contributed by atoms with Crippen LogP contribution < -0.4 is 18.9 Å². The predicted molar refractivity (Wildman–Crippen MR) is 140 cm³/mol. The van der Waals surface area contributed by atoms with Crippen molar-refractivity contribution in [3.8, 4) is 45.2 Å². The first-order valence-electron chi connectivity index (χ1n) is 11.4. The molecule has 37 heavy (non-hydrogen) atoms. The molecule has 0 N–H and O–H groups in total. The van der Waals surface area contributed by atoms with E-state index in [1.54, 1.807) is 33.7 Å². The Kier molecular flexibility index (Phi) is 5.85. The Morgan fingerprint density at radius 1 is 0.892 bits per heavy atom. The Morgan fingerprint density at radius 2 is 1.76 bits per heavy atom. The summed E-state index contributed by atoms with van der Waals surface area (Å²) in [5, 5.41) is 1.64. The number of fused-ring (bicyclic) bond motifs is 2. The van der Waals surface area contributed by atoms with Gasteiger partial charge in [-0.1, -0.05) is 35.6 Å². The molecule has 0 aliphatic carbocycles. The Bertz CT molecular complexity index is 1660. The Hall–Kier alpha value is -4.57. The summed E-state index contributed by atoms with van der Waals surface area (Å²) in [6.07, 6.45) is 7.10. The van der Waals surface area contributed by atoms with Gasteiger partial charge in [0.25, 0.3) is 0 Å². The number of nitrogens with zero attached hydrogens (tertiary/aromatic N) is 4. The molecule has 0 unspecified atom stereocenters. The maximum absolute atomic E-state index is 6.22. The fourth-order valence-electron chi connectivity index (χ4n) is 3.94. The van der Waals surface area contributed by atoms with Crippen molar-refractivity contribution in [2.45, 2.75) is 6.61 Å². The summed E-state index contributed by atoms with van der Waals surface area (Å²) in [6.45, 7) is 0.372. The van der Waals surface area contributed by atoms with Crippen LogP contribution in [0.3, 0.4) is 0 Å². The minimum Gasteiger partial charge on any atom is -0.496 e. The Balaban J connectivity index is 1.25. The van der Waals surface area contributed by atoms with Crippen LogP contribution in [0.5, 0.6) is 22.4 Å². The minimum atomic E-state index is 0.372. The largest absolute Gasteiger partial charge is 0.496 e. The second kappa shape index (κ2) is 9.47. The molecule has 0 radical (unpaired) electrons. The molecule has 0 aliphatic heterocycles. The van der Waals surface area contributed by atoms with Crippen LogP contribution in [0, 0.1) is 0 Å². The van der Waals surface area contributed by atoms with Crippen LogP contribution in [0.4, 0.5) is 0 Å². The van der Waals surface area contributed by atoms with E-state index in [9.17, 15) is 0 Å². The molecule has 0 fully saturated rings. The highest BCUT2D eigenvalue weighted by atomic mass is 32.1. The summed E-state index contributed by atoms with van der Waals surface area (Å²) in [7, 11) is 4.83. The van der Waals surface area contributed by atoms with E-state index in [1.165, 1.54) is 11.3 Å². The molecule has 0 saturated carbocycles. The first-order chi connectivity index (χ1) is 18.1. The SMILES string of the molecule is COc1cc(OCc2ccc(-c3cnc(OC)cn3)cc2)c2cc(-c3cn4cc(OC)sc4n3)oc2c1. The lowest BCUT2D eigenvalue weighted by atomic mass is 10.1. The number of imidazole rings is 1. The van der Waals surface area contributed by atoms with Gasteiger partial charge >= 0.3 is 0 Å². The fraction of sp³-hybridized carbons (Fsp3) is 0.148. The topological polar surface area (TPSA) is 93.1 Å². The normalized spacial score (nSPS) is 11.2. The van der Waals surface area contributed by atoms with Crippen molar-refractivity contribution in [2.75, 3.05) is 21.3 Å². The second-order valence-electron chi connectivity index (χ2n) is 8.15. The number of furan rings is 1. The summed E-state index contributed by atoms with van der Waals surface area (Å²) < 4.78 is 30.1. The van der Waals surface area contributed by atoms with Crippen LogP contribution in [0.25, 0.3) is 38.6 Å². The van der Waals surface area contributed by atoms with Crippen molar-refractivity contribution in [3.63, 3.8) is 0 Å². The zero-order chi connectivity index (χ0) is 25.4. The van der Waals surface area contributed by atoms with Crippen molar-refractivity contribution in [2.24, 2.45) is 0 Å². The molecule has 4 aromatic heterocycles. The van der Waals surface area contributed by atoms with Gasteiger partial charge in [-0.3, -0.25) is 4.40 Å². The molecule has 0 bridgehead atoms. The third-order valence-corrected chi connectivity index (χ3v) is 6.84. The highest BCUT2D eigenvalue weighted by molar-refractivity contribution is 7.18. The lowest BCUT2D eigenvalue weighted by Gasteiger charge is -2.10. The minimum absolute atomic E-state index is 0.372. The van der Waals surface area contributed by atoms with Crippen molar-refractivity contribution < 1.29 is 23.4 Å². The third kappa shape index (κ3) is 4.43. The van der Waals surface area contributed by atoms with Gasteiger partial charge < -0.3 is 23.4 Å². The third-order valence-electron chi connectivity index (χ3n) is 5.88. The number of rotatable bonds is 8. The zero-order valence-electron chi connectivity index (χ0n) is 20.3. The van der Waals surface area contributed by atoms with Gasteiger partial charge in [0.15, 0.2) is 15.8 Å². The Labute approximate surface area is 215 Å². The van der Waals surface area contributed by atoms with Gasteiger partial charge in [-0.2, -0.15) is 0 Å². The molecular weight excluding hydrogens is 492 g/mol. The van der Waals surface area contributed by atoms with Gasteiger partial charge in [0.2, 0.25) is 5.88 Å². The average molecular weight is 515 g/mol. The van der Waals surface area contributed by atoms with Crippen LogP contribution in [0.1, 0.15) is 5.56 Å². The second-order valence-corrected chi connectivity index (χ2v) is 9.12. The quantitative estimate of drug-likeness (QED) is 0.249. The van der Waals surface area contributed by atoms with Crippen molar-refractivity contribution in [1.29, 1.82) is 0 Å². The Morgan fingerprint density at radius 3 is 2.46 bits per heavy atom. The highest BCUT2D eigenvalue weighted by Crippen LogP contribution is 2.38. The predicted octanol–water partition coefficient (Wildman–Crippen LogP) is 5.87. The fourth-order valence-corrected chi connectivity index (χ4v) is 4.72. The molecular formula is C27H22N4O5S. The van der Waals surface area contributed by atoms with Crippen molar-refractivity contribution in [1.82, 2.24) is 19.4 Å². The number of thiazole rings is 1. The molecule has 186 valence electrons. The summed E-state index contributed by atoms with van der Waals surface area (Å²) in [5.74, 6) is 2.44. The first kappa shape index (κ1) is 22.9. The zero-order valence-corrected chi connectivity index (χ0v) is 21.1. The van der Waals surface area contributed by atoms with Crippen LogP contribution in [0.15, 0.2) is 71.7 Å². The lowest BCUT2D eigenvalue weighted by Crippen LogP contribution is -1.97. The van der Waals surface area contributed by atoms with Gasteiger partial charge in [0.05, 0.1) is 51.0 Å². The van der Waals surface area contributed by atoms with E-state index in [0.29, 0.717) is 35.3 Å². The number of hydrogen-bond donors (Lipinski definition) is 0. The smallest absolute Gasteiger partial charge is 0.232 e. The maximum Gasteiger partial charge on any atom is 0.232 e. The van der Waals surface area contributed by atoms with E-state index in [-0.39, 0.29) is 0 Å². The van der Waals surface area contributed by atoms with Gasteiger partial charge in [-0.15, -0.1) is 0 Å². The van der Waals surface area contributed by atoms with Crippen molar-refractivity contribution >= 4 is 27.3 Å². The number of hydrogen-bond acceptors (Lipinski definition) is 9. The molecule has 0 atom stereocenters. The van der Waals surface area contributed by atoms with E-state index in [2.05, 4.69) is 15.0 Å². The van der Waals surface area contributed by atoms with Crippen LogP contribution in [-0.4, -0.2) is 40.7 Å². The summed E-state index contributed by atoms with van der Waals surface area (Å²) in [4.78, 5) is 14.1. The van der Waals surface area contributed by atoms with Gasteiger partial charge in [-0.25, -0.2) is 15.0 Å². The molecule has 0 spiro atoms. The van der Waals surface area contributed by atoms with Gasteiger partial charge in [0.1, 0.15) is 29.4 Å². The molecule has 9 nitrogen and oxygen atoms in total. The van der Waals surface area contributed by atoms with Crippen LogP contribution in [-0.2, 0) is 6.61 Å². The standard InChI is InChI=1S/C27H22N4O5S/c1-32-18-8-22(35-15-16-4-6-17(7-5-16)20-11-29-25(33-2)12-28-20)19-10-24(36-23(19)9-18)21-13-31-14-26(34-3)37-27(31)30-21/h4-14H,15H2,1-3H3. The summed E-state index contributed by atoms with van der Waals surface area (Å²) >= 11 is 1.47. The van der Waals surface area contributed by atoms with E-state index >= 15 is 0 Å². The molecule has 0 aliphatic rings. The lowest BCUT2D eigenvalue weighted by molar-refractivity contribution is 0.307. The van der Waals surface area contributed by atoms with Crippen LogP contribution in [0.2, 0.25) is 0 Å². The molecule has 0 amide bonds. The average Bonchev–Trinajstić information content (AvgIpc) is 3.65. The molecule has 6 aromatic rings. The van der Waals surface area contributed by atoms with Crippen molar-refractivity contribution in [3.05, 3.63) is 72.8 Å². The maximum atomic E-state index is 6.22. The molecule has 10 heteroatoms. The number of benzene rings is 2. The molecule has 6 rings (SSSR count). The van der Waals surface area contributed by atoms with Crippen LogP contribution >= 0.6 is 11.3 Å². The molecule has 2 aromatic carbocycles. The highest BCUT2D eigenvalue weighted by Gasteiger charge is 2.17. The monoisotopic (exact) mass is 514 g/mol. The van der Waals surface area contributed by atoms with E-state index in [4.69, 9.17) is 23.4 Å². The van der Waals surface area contributed by atoms with E-state index in [1.807, 2.05) is 59.3 Å². The first-order valence-corrected chi connectivity index (χ1v) is 12.2. The summed E-state index contributed by atoms with van der Waals surface area (Å²) in [5.41, 5.74) is 4.12.